The molecule has 0 aromatic carbocycles. The van der Waals surface area contributed by atoms with Crippen LogP contribution in [0.5, 0.6) is 5.88 Å². The van der Waals surface area contributed by atoms with Crippen LogP contribution in [0.25, 0.3) is 11.0 Å². The molecule has 7 heteroatoms. The Bertz CT molecular complexity index is 787. The number of aromatic nitrogens is 2. The van der Waals surface area contributed by atoms with E-state index in [0.717, 1.165) is 30.6 Å². The second-order valence-electron chi connectivity index (χ2n) is 7.39. The van der Waals surface area contributed by atoms with Gasteiger partial charge in [-0.2, -0.15) is 4.98 Å². The average molecular weight is 344 g/mol. The summed E-state index contributed by atoms with van der Waals surface area (Å²) in [6.07, 6.45) is 2.34. The molecule has 1 aliphatic heterocycles. The summed E-state index contributed by atoms with van der Waals surface area (Å²) in [4.78, 5) is 24.4. The second kappa shape index (κ2) is 6.38. The van der Waals surface area contributed by atoms with Crippen LogP contribution in [0.15, 0.2) is 24.4 Å². The molecule has 0 saturated carbocycles. The molecule has 2 aromatic rings. The first-order valence-corrected chi connectivity index (χ1v) is 8.39. The zero-order valence-corrected chi connectivity index (χ0v) is 15.1. The van der Waals surface area contributed by atoms with Gasteiger partial charge in [0.2, 0.25) is 5.88 Å². The fourth-order valence-corrected chi connectivity index (χ4v) is 2.94. The SMILES string of the molecule is CN(C(=O)OC(C)(C)C)[C@@H]1CCN(c2cnc3nc(O)ccc3c2)C1. The molecule has 0 unspecified atom stereocenters. The van der Waals surface area contributed by atoms with Crippen molar-refractivity contribution >= 4 is 22.8 Å². The molecule has 7 nitrogen and oxygen atoms in total. The zero-order valence-electron chi connectivity index (χ0n) is 15.1. The number of nitrogens with zero attached hydrogens (tertiary/aromatic N) is 4. The van der Waals surface area contributed by atoms with E-state index in [1.54, 1.807) is 30.3 Å². The maximum Gasteiger partial charge on any atom is 0.410 e. The second-order valence-corrected chi connectivity index (χ2v) is 7.39. The number of ether oxygens (including phenoxy) is 1. The van der Waals surface area contributed by atoms with E-state index >= 15 is 0 Å². The molecule has 1 atom stereocenters. The third-order valence-corrected chi connectivity index (χ3v) is 4.27. The van der Waals surface area contributed by atoms with Gasteiger partial charge in [-0.25, -0.2) is 9.78 Å². The van der Waals surface area contributed by atoms with Gasteiger partial charge in [0.15, 0.2) is 5.65 Å². The lowest BCUT2D eigenvalue weighted by Gasteiger charge is -2.28. The van der Waals surface area contributed by atoms with Gasteiger partial charge in [-0.05, 0) is 39.3 Å². The standard InChI is InChI=1S/C18H24N4O3/c1-18(2,3)25-17(24)21(4)13-7-8-22(11-13)14-9-12-5-6-15(23)20-16(12)19-10-14/h5-6,9-10,13H,7-8,11H2,1-4H3,(H,19,20,23)/t13-/m1/s1. The van der Waals surface area contributed by atoms with Gasteiger partial charge in [-0.15, -0.1) is 0 Å². The summed E-state index contributed by atoms with van der Waals surface area (Å²) in [5.74, 6) is -0.0343. The van der Waals surface area contributed by atoms with Crippen LogP contribution in [0.1, 0.15) is 27.2 Å². The lowest BCUT2D eigenvalue weighted by molar-refractivity contribution is 0.0238. The molecule has 1 saturated heterocycles. The third-order valence-electron chi connectivity index (χ3n) is 4.27. The van der Waals surface area contributed by atoms with Crippen LogP contribution < -0.4 is 4.90 Å². The summed E-state index contributed by atoms with van der Waals surface area (Å²) < 4.78 is 5.45. The lowest BCUT2D eigenvalue weighted by Crippen LogP contribution is -2.42. The number of likely N-dealkylation sites (N-methyl/N-ethyl adjacent to an activating group) is 1. The number of aromatic hydroxyl groups is 1. The Morgan fingerprint density at radius 3 is 2.88 bits per heavy atom. The van der Waals surface area contributed by atoms with E-state index in [1.165, 1.54) is 0 Å². The molecule has 0 bridgehead atoms. The van der Waals surface area contributed by atoms with Crippen LogP contribution in [0.4, 0.5) is 10.5 Å². The average Bonchev–Trinajstić information content (AvgIpc) is 3.02. The number of pyridine rings is 2. The van der Waals surface area contributed by atoms with Crippen molar-refractivity contribution in [1.82, 2.24) is 14.9 Å². The molecule has 0 aliphatic carbocycles. The fourth-order valence-electron chi connectivity index (χ4n) is 2.94. The molecule has 134 valence electrons. The van der Waals surface area contributed by atoms with Gasteiger partial charge in [-0.1, -0.05) is 0 Å². The third kappa shape index (κ3) is 3.92. The Balaban J connectivity index is 1.70. The van der Waals surface area contributed by atoms with Gasteiger partial charge in [0.1, 0.15) is 5.60 Å². The highest BCUT2D eigenvalue weighted by molar-refractivity contribution is 5.79. The minimum absolute atomic E-state index is 0.0343. The quantitative estimate of drug-likeness (QED) is 0.902. The lowest BCUT2D eigenvalue weighted by atomic mass is 10.2. The first-order valence-electron chi connectivity index (χ1n) is 8.39. The molecule has 0 radical (unpaired) electrons. The highest BCUT2D eigenvalue weighted by Crippen LogP contribution is 2.26. The van der Waals surface area contributed by atoms with E-state index in [4.69, 9.17) is 4.74 Å². The monoisotopic (exact) mass is 344 g/mol. The number of rotatable bonds is 2. The Labute approximate surface area is 147 Å². The van der Waals surface area contributed by atoms with E-state index < -0.39 is 5.60 Å². The number of carbonyl (C=O) groups excluding carboxylic acids is 1. The number of hydrogen-bond acceptors (Lipinski definition) is 6. The molecule has 1 aliphatic rings. The summed E-state index contributed by atoms with van der Waals surface area (Å²) >= 11 is 0. The van der Waals surface area contributed by atoms with E-state index in [9.17, 15) is 9.90 Å². The van der Waals surface area contributed by atoms with Crippen molar-refractivity contribution in [3.05, 3.63) is 24.4 Å². The summed E-state index contributed by atoms with van der Waals surface area (Å²) in [5, 5.41) is 10.3. The molecule has 0 spiro atoms. The van der Waals surface area contributed by atoms with E-state index in [2.05, 4.69) is 14.9 Å². The Morgan fingerprint density at radius 1 is 1.40 bits per heavy atom. The Morgan fingerprint density at radius 2 is 2.16 bits per heavy atom. The fraction of sp³-hybridized carbons (Fsp3) is 0.500. The van der Waals surface area contributed by atoms with E-state index in [0.29, 0.717) is 5.65 Å². The van der Waals surface area contributed by atoms with Crippen molar-refractivity contribution in [3.8, 4) is 5.88 Å². The molecule has 25 heavy (non-hydrogen) atoms. The molecule has 1 N–H and O–H groups in total. The predicted molar refractivity (Wildman–Crippen MR) is 95.8 cm³/mol. The topological polar surface area (TPSA) is 78.8 Å². The van der Waals surface area contributed by atoms with Crippen LogP contribution in [0.2, 0.25) is 0 Å². The van der Waals surface area contributed by atoms with Gasteiger partial charge in [0, 0.05) is 31.6 Å². The number of anilines is 1. The van der Waals surface area contributed by atoms with Crippen LogP contribution in [-0.4, -0.2) is 57.8 Å². The van der Waals surface area contributed by atoms with Crippen molar-refractivity contribution in [2.45, 2.75) is 38.8 Å². The smallest absolute Gasteiger partial charge is 0.410 e. The number of amides is 1. The number of fused-ring (bicyclic) bond motifs is 1. The maximum absolute atomic E-state index is 12.2. The van der Waals surface area contributed by atoms with Gasteiger partial charge >= 0.3 is 6.09 Å². The Hall–Kier alpha value is -2.57. The molecule has 2 aromatic heterocycles. The van der Waals surface area contributed by atoms with E-state index in [1.807, 2.05) is 26.8 Å². The minimum atomic E-state index is -0.496. The van der Waals surface area contributed by atoms with Crippen molar-refractivity contribution < 1.29 is 14.6 Å². The van der Waals surface area contributed by atoms with Crippen LogP contribution in [-0.2, 0) is 4.74 Å². The van der Waals surface area contributed by atoms with Crippen LogP contribution in [0.3, 0.4) is 0 Å². The first-order chi connectivity index (χ1) is 11.7. The van der Waals surface area contributed by atoms with Gasteiger partial charge in [0.05, 0.1) is 17.9 Å². The summed E-state index contributed by atoms with van der Waals surface area (Å²) in [7, 11) is 1.79. The normalized spacial score (nSPS) is 17.8. The van der Waals surface area contributed by atoms with Gasteiger partial charge < -0.3 is 19.6 Å². The largest absolute Gasteiger partial charge is 0.493 e. The van der Waals surface area contributed by atoms with Crippen LogP contribution >= 0.6 is 0 Å². The molecule has 1 amide bonds. The molecular weight excluding hydrogens is 320 g/mol. The van der Waals surface area contributed by atoms with Crippen molar-refractivity contribution in [3.63, 3.8) is 0 Å². The van der Waals surface area contributed by atoms with E-state index in [-0.39, 0.29) is 18.0 Å². The number of hydrogen-bond donors (Lipinski definition) is 1. The number of carbonyl (C=O) groups is 1. The van der Waals surface area contributed by atoms with Gasteiger partial charge in [0.25, 0.3) is 0 Å². The molecule has 1 fully saturated rings. The van der Waals surface area contributed by atoms with Crippen molar-refractivity contribution in [2.75, 3.05) is 25.0 Å². The predicted octanol–water partition coefficient (Wildman–Crippen LogP) is 2.78. The summed E-state index contributed by atoms with van der Waals surface area (Å²) in [5.41, 5.74) is 1.01. The molecular formula is C18H24N4O3. The van der Waals surface area contributed by atoms with Crippen molar-refractivity contribution in [2.24, 2.45) is 0 Å². The Kier molecular flexibility index (Phi) is 4.41. The molecule has 3 rings (SSSR count). The summed E-state index contributed by atoms with van der Waals surface area (Å²) in [6.45, 7) is 7.18. The van der Waals surface area contributed by atoms with Crippen LogP contribution in [0, 0.1) is 0 Å². The van der Waals surface area contributed by atoms with Crippen molar-refractivity contribution in [1.29, 1.82) is 0 Å². The van der Waals surface area contributed by atoms with Gasteiger partial charge in [-0.3, -0.25) is 0 Å². The minimum Gasteiger partial charge on any atom is -0.493 e. The first kappa shape index (κ1) is 17.3. The molecule has 3 heterocycles. The summed E-state index contributed by atoms with van der Waals surface area (Å²) in [6, 6.07) is 5.46. The highest BCUT2D eigenvalue weighted by atomic mass is 16.6. The zero-order chi connectivity index (χ0) is 18.2. The maximum atomic E-state index is 12.2. The highest BCUT2D eigenvalue weighted by Gasteiger charge is 2.31.